The molecule has 0 amide bonds. The standard InChI is InChI=1S/C11H15N5S2/c1-6-5-9(8-3-4-17-11(8)18-6)12-7(2)10-13-15-16-14-10/h3-4,6-7,9,12H,5H2,1-2H3,(H,13,14,15,16)/t6-,7?,9?/m0/s1. The molecule has 3 heterocycles. The van der Waals surface area contributed by atoms with Gasteiger partial charge in [-0.25, -0.2) is 0 Å². The third-order valence-electron chi connectivity index (χ3n) is 3.11. The maximum absolute atomic E-state index is 4.03. The summed E-state index contributed by atoms with van der Waals surface area (Å²) >= 11 is 3.81. The molecule has 0 saturated carbocycles. The Kier molecular flexibility index (Phi) is 3.36. The Bertz CT molecular complexity index is 509. The second-order valence-electron chi connectivity index (χ2n) is 4.54. The SMILES string of the molecule is CC(NC1C[C@H](C)Sc2sccc21)c1nn[nH]n1. The quantitative estimate of drug-likeness (QED) is 0.905. The second-order valence-corrected chi connectivity index (χ2v) is 7.16. The lowest BCUT2D eigenvalue weighted by molar-refractivity contribution is 0.424. The summed E-state index contributed by atoms with van der Waals surface area (Å²) in [5.41, 5.74) is 1.42. The Morgan fingerprint density at radius 2 is 2.44 bits per heavy atom. The Morgan fingerprint density at radius 3 is 3.22 bits per heavy atom. The van der Waals surface area contributed by atoms with E-state index in [1.807, 2.05) is 23.1 Å². The van der Waals surface area contributed by atoms with Crippen molar-refractivity contribution < 1.29 is 0 Å². The van der Waals surface area contributed by atoms with Gasteiger partial charge in [-0.15, -0.1) is 33.3 Å². The van der Waals surface area contributed by atoms with E-state index in [0.29, 0.717) is 11.3 Å². The van der Waals surface area contributed by atoms with E-state index in [2.05, 4.69) is 51.2 Å². The van der Waals surface area contributed by atoms with Gasteiger partial charge in [-0.2, -0.15) is 5.21 Å². The summed E-state index contributed by atoms with van der Waals surface area (Å²) in [6.45, 7) is 4.35. The Balaban J connectivity index is 1.78. The molecule has 0 spiro atoms. The van der Waals surface area contributed by atoms with Gasteiger partial charge in [-0.3, -0.25) is 0 Å². The van der Waals surface area contributed by atoms with Crippen LogP contribution in [0.5, 0.6) is 0 Å². The summed E-state index contributed by atoms with van der Waals surface area (Å²) in [7, 11) is 0. The minimum Gasteiger partial charge on any atom is -0.300 e. The third kappa shape index (κ3) is 2.30. The van der Waals surface area contributed by atoms with Crippen LogP contribution in [0.2, 0.25) is 0 Å². The van der Waals surface area contributed by atoms with Crippen molar-refractivity contribution in [1.82, 2.24) is 25.9 Å². The van der Waals surface area contributed by atoms with Crippen LogP contribution in [0.15, 0.2) is 15.7 Å². The number of hydrogen-bond donors (Lipinski definition) is 2. The van der Waals surface area contributed by atoms with Crippen LogP contribution < -0.4 is 5.32 Å². The number of rotatable bonds is 3. The van der Waals surface area contributed by atoms with Crippen LogP contribution in [-0.2, 0) is 0 Å². The molecule has 0 aromatic carbocycles. The van der Waals surface area contributed by atoms with Crippen LogP contribution in [0.25, 0.3) is 0 Å². The van der Waals surface area contributed by atoms with E-state index in [-0.39, 0.29) is 6.04 Å². The first kappa shape index (κ1) is 12.1. The zero-order chi connectivity index (χ0) is 12.5. The van der Waals surface area contributed by atoms with Crippen molar-refractivity contribution >= 4 is 23.1 Å². The van der Waals surface area contributed by atoms with E-state index in [1.54, 1.807) is 0 Å². The lowest BCUT2D eigenvalue weighted by atomic mass is 10.0. The minimum atomic E-state index is 0.108. The van der Waals surface area contributed by atoms with E-state index in [4.69, 9.17) is 0 Å². The van der Waals surface area contributed by atoms with Crippen LogP contribution in [-0.4, -0.2) is 25.9 Å². The molecule has 0 aliphatic carbocycles. The van der Waals surface area contributed by atoms with Crippen LogP contribution in [0.1, 0.15) is 43.7 Å². The Labute approximate surface area is 114 Å². The summed E-state index contributed by atoms with van der Waals surface area (Å²) in [5, 5.41) is 20.6. The van der Waals surface area contributed by atoms with E-state index in [9.17, 15) is 0 Å². The summed E-state index contributed by atoms with van der Waals surface area (Å²) < 4.78 is 1.44. The number of tetrazole rings is 1. The highest BCUT2D eigenvalue weighted by Crippen LogP contribution is 2.44. The van der Waals surface area contributed by atoms with E-state index < -0.39 is 0 Å². The molecule has 0 fully saturated rings. The number of thiophene rings is 1. The lowest BCUT2D eigenvalue weighted by Crippen LogP contribution is -2.29. The number of aromatic nitrogens is 4. The van der Waals surface area contributed by atoms with E-state index in [0.717, 1.165) is 12.2 Å². The van der Waals surface area contributed by atoms with Gasteiger partial charge in [0.15, 0.2) is 5.82 Å². The Hall–Kier alpha value is -0.920. The van der Waals surface area contributed by atoms with Crippen molar-refractivity contribution in [2.24, 2.45) is 0 Å². The normalized spacial score (nSPS) is 24.8. The fourth-order valence-corrected chi connectivity index (χ4v) is 4.80. The van der Waals surface area contributed by atoms with Gasteiger partial charge in [0.2, 0.25) is 0 Å². The number of H-pyrrole nitrogens is 1. The number of nitrogens with zero attached hydrogens (tertiary/aromatic N) is 3. The van der Waals surface area contributed by atoms with Gasteiger partial charge in [-0.05, 0) is 30.4 Å². The molecule has 18 heavy (non-hydrogen) atoms. The molecule has 2 aromatic rings. The largest absolute Gasteiger partial charge is 0.300 e. The number of aromatic amines is 1. The highest BCUT2D eigenvalue weighted by atomic mass is 32.2. The number of thioether (sulfide) groups is 1. The first-order chi connectivity index (χ1) is 8.74. The van der Waals surface area contributed by atoms with Gasteiger partial charge in [-0.1, -0.05) is 12.1 Å². The van der Waals surface area contributed by atoms with Gasteiger partial charge >= 0.3 is 0 Å². The van der Waals surface area contributed by atoms with Crippen LogP contribution in [0.4, 0.5) is 0 Å². The number of fused-ring (bicyclic) bond motifs is 1. The molecule has 3 atom stereocenters. The molecular weight excluding hydrogens is 266 g/mol. The predicted octanol–water partition coefficient (Wildman–Crippen LogP) is 2.54. The van der Waals surface area contributed by atoms with Crippen molar-refractivity contribution in [2.45, 2.75) is 41.8 Å². The molecule has 2 aromatic heterocycles. The molecule has 7 heteroatoms. The van der Waals surface area contributed by atoms with E-state index in [1.165, 1.54) is 9.77 Å². The maximum atomic E-state index is 4.03. The fourth-order valence-electron chi connectivity index (χ4n) is 2.24. The van der Waals surface area contributed by atoms with Gasteiger partial charge in [0.25, 0.3) is 0 Å². The average molecular weight is 281 g/mol. The molecule has 2 N–H and O–H groups in total. The van der Waals surface area contributed by atoms with Crippen molar-refractivity contribution in [3.63, 3.8) is 0 Å². The van der Waals surface area contributed by atoms with Crippen LogP contribution >= 0.6 is 23.1 Å². The second kappa shape index (κ2) is 4.99. The zero-order valence-corrected chi connectivity index (χ0v) is 11.9. The monoisotopic (exact) mass is 281 g/mol. The van der Waals surface area contributed by atoms with Crippen LogP contribution in [0.3, 0.4) is 0 Å². The zero-order valence-electron chi connectivity index (χ0n) is 10.3. The summed E-state index contributed by atoms with van der Waals surface area (Å²) in [6.07, 6.45) is 1.14. The van der Waals surface area contributed by atoms with Gasteiger partial charge in [0.1, 0.15) is 0 Å². The highest BCUT2D eigenvalue weighted by Gasteiger charge is 2.28. The molecule has 0 bridgehead atoms. The first-order valence-electron chi connectivity index (χ1n) is 5.97. The average Bonchev–Trinajstić information content (AvgIpc) is 2.98. The number of hydrogen-bond acceptors (Lipinski definition) is 6. The molecule has 0 radical (unpaired) electrons. The molecule has 1 aliphatic heterocycles. The molecule has 3 rings (SSSR count). The number of nitrogens with one attached hydrogen (secondary N) is 2. The highest BCUT2D eigenvalue weighted by molar-refractivity contribution is 8.01. The predicted molar refractivity (Wildman–Crippen MR) is 72.7 cm³/mol. The lowest BCUT2D eigenvalue weighted by Gasteiger charge is -2.29. The summed E-state index contributed by atoms with van der Waals surface area (Å²) in [5.74, 6) is 0.720. The summed E-state index contributed by atoms with van der Waals surface area (Å²) in [6, 6.07) is 2.72. The molecule has 1 aliphatic rings. The maximum Gasteiger partial charge on any atom is 0.191 e. The smallest absolute Gasteiger partial charge is 0.191 e. The van der Waals surface area contributed by atoms with Crippen molar-refractivity contribution in [1.29, 1.82) is 0 Å². The first-order valence-corrected chi connectivity index (χ1v) is 7.73. The topological polar surface area (TPSA) is 66.5 Å². The molecular formula is C11H15N5S2. The van der Waals surface area contributed by atoms with Crippen molar-refractivity contribution in [3.05, 3.63) is 22.8 Å². The van der Waals surface area contributed by atoms with Crippen molar-refractivity contribution in [2.75, 3.05) is 0 Å². The fraction of sp³-hybridized carbons (Fsp3) is 0.545. The van der Waals surface area contributed by atoms with Gasteiger partial charge in [0.05, 0.1) is 10.3 Å². The van der Waals surface area contributed by atoms with Crippen molar-refractivity contribution in [3.8, 4) is 0 Å². The summed E-state index contributed by atoms with van der Waals surface area (Å²) in [4.78, 5) is 0. The molecule has 0 saturated heterocycles. The van der Waals surface area contributed by atoms with Crippen LogP contribution in [0, 0.1) is 0 Å². The minimum absolute atomic E-state index is 0.108. The molecule has 96 valence electrons. The third-order valence-corrected chi connectivity index (χ3v) is 5.45. The Morgan fingerprint density at radius 1 is 1.56 bits per heavy atom. The molecule has 5 nitrogen and oxygen atoms in total. The van der Waals surface area contributed by atoms with E-state index >= 15 is 0 Å². The van der Waals surface area contributed by atoms with Gasteiger partial charge < -0.3 is 5.32 Å². The van der Waals surface area contributed by atoms with Gasteiger partial charge in [0, 0.05) is 11.3 Å². The molecule has 2 unspecified atom stereocenters.